The highest BCUT2D eigenvalue weighted by atomic mass is 32.1. The molecule has 98 valence electrons. The van der Waals surface area contributed by atoms with Crippen molar-refractivity contribution in [2.45, 2.75) is 0 Å². The summed E-state index contributed by atoms with van der Waals surface area (Å²) in [6.07, 6.45) is 1.32. The third kappa shape index (κ3) is 2.89. The summed E-state index contributed by atoms with van der Waals surface area (Å²) in [5.41, 5.74) is 0.0587. The Morgan fingerprint density at radius 2 is 2.21 bits per heavy atom. The zero-order chi connectivity index (χ0) is 13.8. The Morgan fingerprint density at radius 3 is 2.89 bits per heavy atom. The van der Waals surface area contributed by atoms with E-state index in [0.29, 0.717) is 10.6 Å². The molecule has 0 aliphatic rings. The number of amides is 1. The van der Waals surface area contributed by atoms with Gasteiger partial charge in [-0.1, -0.05) is 0 Å². The standard InChI is InChI=1S/C12H10N2O4S/c1-18-8-3-5-19-10(8)11(15)14-9-6-7(12(16)17)2-4-13-9/h2-6H,1H3,(H,16,17)(H,13,14,15). The lowest BCUT2D eigenvalue weighted by molar-refractivity contribution is 0.0696. The van der Waals surface area contributed by atoms with Crippen molar-refractivity contribution in [2.24, 2.45) is 0 Å². The van der Waals surface area contributed by atoms with Crippen LogP contribution in [0.5, 0.6) is 5.75 Å². The Labute approximate surface area is 112 Å². The summed E-state index contributed by atoms with van der Waals surface area (Å²) < 4.78 is 5.04. The topological polar surface area (TPSA) is 88.5 Å². The fourth-order valence-corrected chi connectivity index (χ4v) is 2.18. The molecule has 0 bridgehead atoms. The van der Waals surface area contributed by atoms with Gasteiger partial charge in [0.2, 0.25) is 0 Å². The number of aromatic nitrogens is 1. The molecule has 2 aromatic heterocycles. The quantitative estimate of drug-likeness (QED) is 0.894. The smallest absolute Gasteiger partial charge is 0.335 e. The molecule has 0 unspecified atom stereocenters. The molecule has 6 nitrogen and oxygen atoms in total. The summed E-state index contributed by atoms with van der Waals surface area (Å²) in [5.74, 6) is -0.814. The highest BCUT2D eigenvalue weighted by molar-refractivity contribution is 7.12. The van der Waals surface area contributed by atoms with Crippen LogP contribution in [0.4, 0.5) is 5.82 Å². The number of hydrogen-bond donors (Lipinski definition) is 2. The van der Waals surface area contributed by atoms with E-state index in [1.165, 1.54) is 36.8 Å². The number of aromatic carboxylic acids is 1. The summed E-state index contributed by atoms with van der Waals surface area (Å²) in [6, 6.07) is 4.32. The number of pyridine rings is 1. The molecule has 2 rings (SSSR count). The molecule has 1 amide bonds. The summed E-state index contributed by atoms with van der Waals surface area (Å²) >= 11 is 1.23. The van der Waals surface area contributed by atoms with Crippen LogP contribution in [0.15, 0.2) is 29.8 Å². The van der Waals surface area contributed by atoms with E-state index in [4.69, 9.17) is 9.84 Å². The van der Waals surface area contributed by atoms with E-state index in [1.807, 2.05) is 0 Å². The molecule has 19 heavy (non-hydrogen) atoms. The molecule has 0 fully saturated rings. The van der Waals surface area contributed by atoms with E-state index in [9.17, 15) is 9.59 Å². The van der Waals surface area contributed by atoms with Crippen LogP contribution in [0.25, 0.3) is 0 Å². The number of hydrogen-bond acceptors (Lipinski definition) is 5. The van der Waals surface area contributed by atoms with E-state index in [-0.39, 0.29) is 17.3 Å². The Kier molecular flexibility index (Phi) is 3.76. The normalized spacial score (nSPS) is 9.95. The van der Waals surface area contributed by atoms with Crippen LogP contribution in [0, 0.1) is 0 Å². The lowest BCUT2D eigenvalue weighted by atomic mass is 10.2. The van der Waals surface area contributed by atoms with Gasteiger partial charge < -0.3 is 15.2 Å². The molecule has 0 aliphatic heterocycles. The Hall–Kier alpha value is -2.41. The van der Waals surface area contributed by atoms with Crippen molar-refractivity contribution < 1.29 is 19.4 Å². The van der Waals surface area contributed by atoms with E-state index in [0.717, 1.165) is 0 Å². The SMILES string of the molecule is COc1ccsc1C(=O)Nc1cc(C(=O)O)ccn1. The van der Waals surface area contributed by atoms with Crippen molar-refractivity contribution >= 4 is 29.0 Å². The minimum atomic E-state index is -1.08. The van der Waals surface area contributed by atoms with Crippen LogP contribution in [0.1, 0.15) is 20.0 Å². The van der Waals surface area contributed by atoms with Gasteiger partial charge in [-0.25, -0.2) is 9.78 Å². The number of rotatable bonds is 4. The fraction of sp³-hybridized carbons (Fsp3) is 0.0833. The monoisotopic (exact) mass is 278 g/mol. The number of carboxylic acids is 1. The van der Waals surface area contributed by atoms with Crippen molar-refractivity contribution in [3.05, 3.63) is 40.2 Å². The molecule has 0 aliphatic carbocycles. The molecule has 0 saturated carbocycles. The zero-order valence-corrected chi connectivity index (χ0v) is 10.7. The predicted molar refractivity (Wildman–Crippen MR) is 70.0 cm³/mol. The second kappa shape index (κ2) is 5.49. The van der Waals surface area contributed by atoms with Gasteiger partial charge >= 0.3 is 5.97 Å². The number of nitrogens with one attached hydrogen (secondary N) is 1. The van der Waals surface area contributed by atoms with Crippen molar-refractivity contribution in [3.8, 4) is 5.75 Å². The Balaban J connectivity index is 2.19. The number of carbonyl (C=O) groups is 2. The first-order valence-corrected chi connectivity index (χ1v) is 6.12. The molecular formula is C12H10N2O4S. The zero-order valence-electron chi connectivity index (χ0n) is 9.91. The maximum atomic E-state index is 12.0. The minimum Gasteiger partial charge on any atom is -0.495 e. The van der Waals surface area contributed by atoms with Crippen molar-refractivity contribution in [2.75, 3.05) is 12.4 Å². The first kappa shape index (κ1) is 13.0. The van der Waals surface area contributed by atoms with Crippen LogP contribution in [0.3, 0.4) is 0 Å². The molecule has 7 heteroatoms. The minimum absolute atomic E-state index is 0.0587. The van der Waals surface area contributed by atoms with Crippen LogP contribution in [-0.2, 0) is 0 Å². The van der Waals surface area contributed by atoms with Crippen LogP contribution >= 0.6 is 11.3 Å². The average molecular weight is 278 g/mol. The van der Waals surface area contributed by atoms with Gasteiger partial charge in [-0.15, -0.1) is 11.3 Å². The highest BCUT2D eigenvalue weighted by Crippen LogP contribution is 2.25. The second-order valence-electron chi connectivity index (χ2n) is 3.51. The third-order valence-corrected chi connectivity index (χ3v) is 3.20. The van der Waals surface area contributed by atoms with Gasteiger partial charge in [-0.2, -0.15) is 0 Å². The molecule has 0 spiro atoms. The van der Waals surface area contributed by atoms with Gasteiger partial charge in [-0.3, -0.25) is 4.79 Å². The molecular weight excluding hydrogens is 268 g/mol. The van der Waals surface area contributed by atoms with E-state index in [1.54, 1.807) is 11.4 Å². The second-order valence-corrected chi connectivity index (χ2v) is 4.42. The molecule has 2 heterocycles. The van der Waals surface area contributed by atoms with Crippen molar-refractivity contribution in [1.29, 1.82) is 0 Å². The Morgan fingerprint density at radius 1 is 1.42 bits per heavy atom. The number of methoxy groups -OCH3 is 1. The maximum Gasteiger partial charge on any atom is 0.335 e. The maximum absolute atomic E-state index is 12.0. The summed E-state index contributed by atoms with van der Waals surface area (Å²) in [4.78, 5) is 27.1. The van der Waals surface area contributed by atoms with Crippen LogP contribution < -0.4 is 10.1 Å². The van der Waals surface area contributed by atoms with E-state index < -0.39 is 5.97 Å². The molecule has 0 saturated heterocycles. The molecule has 0 aromatic carbocycles. The van der Waals surface area contributed by atoms with Crippen LogP contribution in [-0.4, -0.2) is 29.1 Å². The number of carboxylic acid groups (broad SMARTS) is 1. The van der Waals surface area contributed by atoms with Gasteiger partial charge in [0.15, 0.2) is 0 Å². The van der Waals surface area contributed by atoms with Gasteiger partial charge in [0.25, 0.3) is 5.91 Å². The average Bonchev–Trinajstić information content (AvgIpc) is 2.87. The van der Waals surface area contributed by atoms with Gasteiger partial charge in [0.1, 0.15) is 16.4 Å². The number of anilines is 1. The van der Waals surface area contributed by atoms with Crippen molar-refractivity contribution in [1.82, 2.24) is 4.98 Å². The summed E-state index contributed by atoms with van der Waals surface area (Å²) in [6.45, 7) is 0. The van der Waals surface area contributed by atoms with Crippen molar-refractivity contribution in [3.63, 3.8) is 0 Å². The summed E-state index contributed by atoms with van der Waals surface area (Å²) in [7, 11) is 1.47. The molecule has 2 N–H and O–H groups in total. The van der Waals surface area contributed by atoms with E-state index in [2.05, 4.69) is 10.3 Å². The Bertz CT molecular complexity index is 624. The van der Waals surface area contributed by atoms with Crippen LogP contribution in [0.2, 0.25) is 0 Å². The number of nitrogens with zero attached hydrogens (tertiary/aromatic N) is 1. The predicted octanol–water partition coefficient (Wildman–Crippen LogP) is 2.10. The number of ether oxygens (including phenoxy) is 1. The first-order valence-electron chi connectivity index (χ1n) is 5.24. The highest BCUT2D eigenvalue weighted by Gasteiger charge is 2.15. The molecule has 2 aromatic rings. The van der Waals surface area contributed by atoms with Gasteiger partial charge in [0, 0.05) is 6.20 Å². The largest absolute Gasteiger partial charge is 0.495 e. The molecule has 0 atom stereocenters. The van der Waals surface area contributed by atoms with Gasteiger partial charge in [-0.05, 0) is 23.6 Å². The third-order valence-electron chi connectivity index (χ3n) is 2.30. The lowest BCUT2D eigenvalue weighted by Gasteiger charge is -2.05. The lowest BCUT2D eigenvalue weighted by Crippen LogP contribution is -2.13. The fourth-order valence-electron chi connectivity index (χ4n) is 1.43. The summed E-state index contributed by atoms with van der Waals surface area (Å²) in [5, 5.41) is 13.1. The molecule has 0 radical (unpaired) electrons. The number of carbonyl (C=O) groups excluding carboxylic acids is 1. The number of thiophene rings is 1. The first-order chi connectivity index (χ1) is 9.11. The van der Waals surface area contributed by atoms with Gasteiger partial charge in [0.05, 0.1) is 12.7 Å². The van der Waals surface area contributed by atoms with E-state index >= 15 is 0 Å².